The number of aromatic nitrogens is 2. The minimum atomic E-state index is 0.320. The number of nitrogens with two attached hydrogens (primary N) is 1. The standard InChI is InChI=1S/C14H26N4O/c1-4-18(12-7-5-11(15)6-8-12)9-13-16-14(10(2)3)17-19-13/h10-12H,4-9,15H2,1-3H3. The van der Waals surface area contributed by atoms with Crippen molar-refractivity contribution in [2.75, 3.05) is 6.54 Å². The van der Waals surface area contributed by atoms with Crippen LogP contribution in [0, 0.1) is 0 Å². The van der Waals surface area contributed by atoms with E-state index < -0.39 is 0 Å². The van der Waals surface area contributed by atoms with Gasteiger partial charge in [0.15, 0.2) is 5.82 Å². The molecule has 0 unspecified atom stereocenters. The molecule has 1 saturated carbocycles. The van der Waals surface area contributed by atoms with Crippen LogP contribution in [0.15, 0.2) is 4.52 Å². The van der Waals surface area contributed by atoms with E-state index >= 15 is 0 Å². The molecular weight excluding hydrogens is 240 g/mol. The Labute approximate surface area is 115 Å². The molecule has 108 valence electrons. The summed E-state index contributed by atoms with van der Waals surface area (Å²) in [6.07, 6.45) is 4.62. The summed E-state index contributed by atoms with van der Waals surface area (Å²) in [6.45, 7) is 8.12. The average Bonchev–Trinajstić information content (AvgIpc) is 2.86. The van der Waals surface area contributed by atoms with E-state index in [4.69, 9.17) is 10.3 Å². The molecule has 5 nitrogen and oxygen atoms in total. The smallest absolute Gasteiger partial charge is 0.240 e. The van der Waals surface area contributed by atoms with Gasteiger partial charge in [0.25, 0.3) is 0 Å². The lowest BCUT2D eigenvalue weighted by Gasteiger charge is -2.34. The molecular formula is C14H26N4O. The maximum absolute atomic E-state index is 5.97. The van der Waals surface area contributed by atoms with Crippen molar-refractivity contribution in [2.24, 2.45) is 5.73 Å². The second-order valence-electron chi connectivity index (χ2n) is 5.83. The first-order chi connectivity index (χ1) is 9.10. The summed E-state index contributed by atoms with van der Waals surface area (Å²) in [7, 11) is 0. The van der Waals surface area contributed by atoms with Crippen LogP contribution in [0.3, 0.4) is 0 Å². The van der Waals surface area contributed by atoms with Gasteiger partial charge in [-0.3, -0.25) is 4.90 Å². The molecule has 1 aromatic rings. The quantitative estimate of drug-likeness (QED) is 0.885. The van der Waals surface area contributed by atoms with Gasteiger partial charge in [-0.25, -0.2) is 0 Å². The fraction of sp³-hybridized carbons (Fsp3) is 0.857. The van der Waals surface area contributed by atoms with E-state index in [2.05, 4.69) is 35.8 Å². The van der Waals surface area contributed by atoms with Gasteiger partial charge in [-0.2, -0.15) is 4.98 Å². The fourth-order valence-corrected chi connectivity index (χ4v) is 2.71. The largest absolute Gasteiger partial charge is 0.338 e. The molecule has 0 spiro atoms. The van der Waals surface area contributed by atoms with E-state index in [9.17, 15) is 0 Å². The normalized spacial score (nSPS) is 24.3. The van der Waals surface area contributed by atoms with Gasteiger partial charge in [-0.1, -0.05) is 25.9 Å². The van der Waals surface area contributed by atoms with E-state index in [0.29, 0.717) is 18.0 Å². The Morgan fingerprint density at radius 1 is 1.32 bits per heavy atom. The van der Waals surface area contributed by atoms with Crippen LogP contribution in [0.4, 0.5) is 0 Å². The molecule has 2 N–H and O–H groups in total. The maximum atomic E-state index is 5.97. The van der Waals surface area contributed by atoms with Gasteiger partial charge in [0.1, 0.15) is 0 Å². The summed E-state index contributed by atoms with van der Waals surface area (Å²) in [5, 5.41) is 4.03. The molecule has 0 amide bonds. The first kappa shape index (κ1) is 14.5. The van der Waals surface area contributed by atoms with Crippen LogP contribution in [0.2, 0.25) is 0 Å². The minimum Gasteiger partial charge on any atom is -0.338 e. The van der Waals surface area contributed by atoms with Crippen molar-refractivity contribution >= 4 is 0 Å². The Hall–Kier alpha value is -0.940. The molecule has 0 aromatic carbocycles. The highest BCUT2D eigenvalue weighted by Gasteiger charge is 2.24. The molecule has 19 heavy (non-hydrogen) atoms. The zero-order chi connectivity index (χ0) is 13.8. The molecule has 0 saturated heterocycles. The SMILES string of the molecule is CCN(Cc1nc(C(C)C)no1)C1CCC(N)CC1. The molecule has 1 fully saturated rings. The van der Waals surface area contributed by atoms with E-state index in [1.807, 2.05) is 0 Å². The summed E-state index contributed by atoms with van der Waals surface area (Å²) in [6, 6.07) is 1.00. The lowest BCUT2D eigenvalue weighted by atomic mass is 9.91. The van der Waals surface area contributed by atoms with E-state index in [1.165, 1.54) is 12.8 Å². The highest BCUT2D eigenvalue weighted by atomic mass is 16.5. The maximum Gasteiger partial charge on any atom is 0.240 e. The highest BCUT2D eigenvalue weighted by Crippen LogP contribution is 2.23. The predicted molar refractivity (Wildman–Crippen MR) is 74.7 cm³/mol. The van der Waals surface area contributed by atoms with Crippen molar-refractivity contribution in [3.63, 3.8) is 0 Å². The molecule has 1 aromatic heterocycles. The monoisotopic (exact) mass is 266 g/mol. The molecule has 1 aliphatic rings. The van der Waals surface area contributed by atoms with Crippen LogP contribution in [-0.2, 0) is 6.54 Å². The Bertz CT molecular complexity index is 383. The Kier molecular flexibility index (Phi) is 4.93. The van der Waals surface area contributed by atoms with Crippen molar-refractivity contribution in [2.45, 2.75) is 71.0 Å². The minimum absolute atomic E-state index is 0.320. The highest BCUT2D eigenvalue weighted by molar-refractivity contribution is 4.92. The molecule has 0 radical (unpaired) electrons. The Morgan fingerprint density at radius 2 is 2.00 bits per heavy atom. The van der Waals surface area contributed by atoms with Crippen molar-refractivity contribution in [1.82, 2.24) is 15.0 Å². The molecule has 1 heterocycles. The molecule has 1 aliphatic carbocycles. The zero-order valence-electron chi connectivity index (χ0n) is 12.3. The topological polar surface area (TPSA) is 68.2 Å². The van der Waals surface area contributed by atoms with Gasteiger partial charge >= 0.3 is 0 Å². The van der Waals surface area contributed by atoms with E-state index in [1.54, 1.807) is 0 Å². The fourth-order valence-electron chi connectivity index (χ4n) is 2.71. The lowest BCUT2D eigenvalue weighted by Crippen LogP contribution is -2.40. The molecule has 5 heteroatoms. The van der Waals surface area contributed by atoms with E-state index in [-0.39, 0.29) is 0 Å². The average molecular weight is 266 g/mol. The Morgan fingerprint density at radius 3 is 2.53 bits per heavy atom. The lowest BCUT2D eigenvalue weighted by molar-refractivity contribution is 0.133. The summed E-state index contributed by atoms with van der Waals surface area (Å²) < 4.78 is 5.34. The second kappa shape index (κ2) is 6.48. The molecule has 0 bridgehead atoms. The number of hydrogen-bond acceptors (Lipinski definition) is 5. The number of rotatable bonds is 5. The van der Waals surface area contributed by atoms with Crippen molar-refractivity contribution in [1.29, 1.82) is 0 Å². The molecule has 0 aliphatic heterocycles. The third kappa shape index (κ3) is 3.76. The third-order valence-electron chi connectivity index (χ3n) is 4.00. The summed E-state index contributed by atoms with van der Waals surface area (Å²) in [5.41, 5.74) is 5.97. The van der Waals surface area contributed by atoms with Crippen LogP contribution in [0.1, 0.15) is 64.1 Å². The first-order valence-electron chi connectivity index (χ1n) is 7.42. The number of nitrogens with zero attached hydrogens (tertiary/aromatic N) is 3. The first-order valence-corrected chi connectivity index (χ1v) is 7.42. The van der Waals surface area contributed by atoms with Gasteiger partial charge in [-0.05, 0) is 32.2 Å². The van der Waals surface area contributed by atoms with Gasteiger partial charge in [0, 0.05) is 18.0 Å². The van der Waals surface area contributed by atoms with Crippen LogP contribution >= 0.6 is 0 Å². The predicted octanol–water partition coefficient (Wildman–Crippen LogP) is 2.28. The van der Waals surface area contributed by atoms with Crippen LogP contribution in [-0.4, -0.2) is 33.7 Å². The summed E-state index contributed by atoms with van der Waals surface area (Å²) >= 11 is 0. The van der Waals surface area contributed by atoms with E-state index in [0.717, 1.165) is 37.6 Å². The van der Waals surface area contributed by atoms with Gasteiger partial charge in [0.05, 0.1) is 6.54 Å². The van der Waals surface area contributed by atoms with Crippen LogP contribution in [0.25, 0.3) is 0 Å². The zero-order valence-corrected chi connectivity index (χ0v) is 12.3. The van der Waals surface area contributed by atoms with Gasteiger partial charge in [-0.15, -0.1) is 0 Å². The van der Waals surface area contributed by atoms with Crippen molar-refractivity contribution < 1.29 is 4.52 Å². The van der Waals surface area contributed by atoms with Gasteiger partial charge in [0.2, 0.25) is 5.89 Å². The van der Waals surface area contributed by atoms with Gasteiger partial charge < -0.3 is 10.3 Å². The van der Waals surface area contributed by atoms with Crippen LogP contribution < -0.4 is 5.73 Å². The Balaban J connectivity index is 1.94. The van der Waals surface area contributed by atoms with Crippen LogP contribution in [0.5, 0.6) is 0 Å². The number of hydrogen-bond donors (Lipinski definition) is 1. The molecule has 2 rings (SSSR count). The van der Waals surface area contributed by atoms with Crippen molar-refractivity contribution in [3.8, 4) is 0 Å². The second-order valence-corrected chi connectivity index (χ2v) is 5.83. The third-order valence-corrected chi connectivity index (χ3v) is 4.00. The molecule has 0 atom stereocenters. The summed E-state index contributed by atoms with van der Waals surface area (Å²) in [5.74, 6) is 1.86. The van der Waals surface area contributed by atoms with Crippen molar-refractivity contribution in [3.05, 3.63) is 11.7 Å². The summed E-state index contributed by atoms with van der Waals surface area (Å²) in [4.78, 5) is 6.90.